The lowest BCUT2D eigenvalue weighted by atomic mass is 10.1. The molecule has 0 bridgehead atoms. The van der Waals surface area contributed by atoms with Crippen LogP contribution in [-0.2, 0) is 6.42 Å². The summed E-state index contributed by atoms with van der Waals surface area (Å²) in [4.78, 5) is 12.6. The van der Waals surface area contributed by atoms with Gasteiger partial charge in [0.05, 0.1) is 25.5 Å². The van der Waals surface area contributed by atoms with Gasteiger partial charge in [0.25, 0.3) is 5.91 Å². The molecule has 0 aliphatic heterocycles. The summed E-state index contributed by atoms with van der Waals surface area (Å²) in [5, 5.41) is 3.41. The average molecular weight is 425 g/mol. The number of hydrogen-bond donors (Lipinski definition) is 3. The third-order valence-electron chi connectivity index (χ3n) is 4.47. The number of benzene rings is 2. The van der Waals surface area contributed by atoms with Crippen molar-refractivity contribution in [3.63, 3.8) is 0 Å². The molecule has 1 heterocycles. The maximum absolute atomic E-state index is 12.6. The molecular weight excluding hydrogens is 400 g/mol. The number of nitrogens with one attached hydrogen (secondary N) is 3. The number of methoxy groups -OCH3 is 2. The number of nitrogens with zero attached hydrogens (tertiary/aromatic N) is 1. The molecular formula is C22H24N4O3S. The highest BCUT2D eigenvalue weighted by Crippen LogP contribution is 2.27. The van der Waals surface area contributed by atoms with Crippen LogP contribution in [0.2, 0.25) is 0 Å². The second-order valence-electron chi connectivity index (χ2n) is 6.38. The maximum atomic E-state index is 12.6. The molecule has 30 heavy (non-hydrogen) atoms. The molecule has 8 heteroatoms. The Kier molecular flexibility index (Phi) is 7.29. The number of hydrazine groups is 1. The molecule has 3 rings (SSSR count). The van der Waals surface area contributed by atoms with Crippen LogP contribution in [0.5, 0.6) is 11.5 Å². The van der Waals surface area contributed by atoms with Crippen LogP contribution in [0.15, 0.2) is 67.0 Å². The molecule has 0 atom stereocenters. The van der Waals surface area contributed by atoms with Crippen molar-refractivity contribution in [3.8, 4) is 17.2 Å². The van der Waals surface area contributed by atoms with Gasteiger partial charge < -0.3 is 19.4 Å². The highest BCUT2D eigenvalue weighted by Gasteiger charge is 2.12. The van der Waals surface area contributed by atoms with Gasteiger partial charge in [-0.25, -0.2) is 0 Å². The summed E-state index contributed by atoms with van der Waals surface area (Å²) in [5.41, 5.74) is 7.79. The third kappa shape index (κ3) is 5.30. The van der Waals surface area contributed by atoms with Crippen LogP contribution >= 0.6 is 12.2 Å². The fourth-order valence-corrected chi connectivity index (χ4v) is 3.12. The van der Waals surface area contributed by atoms with E-state index in [-0.39, 0.29) is 5.91 Å². The second-order valence-corrected chi connectivity index (χ2v) is 6.79. The van der Waals surface area contributed by atoms with Crippen LogP contribution in [0.3, 0.4) is 0 Å². The van der Waals surface area contributed by atoms with Gasteiger partial charge in [-0.2, -0.15) is 0 Å². The van der Waals surface area contributed by atoms with E-state index >= 15 is 0 Å². The highest BCUT2D eigenvalue weighted by atomic mass is 32.1. The van der Waals surface area contributed by atoms with Crippen molar-refractivity contribution in [2.45, 2.75) is 6.42 Å². The average Bonchev–Trinajstić information content (AvgIpc) is 3.32. The second kappa shape index (κ2) is 10.3. The quantitative estimate of drug-likeness (QED) is 0.400. The van der Waals surface area contributed by atoms with Crippen molar-refractivity contribution in [1.29, 1.82) is 0 Å². The summed E-state index contributed by atoms with van der Waals surface area (Å²) in [6.45, 7) is 0.594. The number of para-hydroxylation sites is 1. The van der Waals surface area contributed by atoms with E-state index in [0.717, 1.165) is 17.7 Å². The number of carbonyl (C=O) groups excluding carboxylic acids is 1. The van der Waals surface area contributed by atoms with Gasteiger partial charge in [-0.3, -0.25) is 15.6 Å². The number of amides is 1. The first-order valence-corrected chi connectivity index (χ1v) is 9.80. The molecule has 3 aromatic rings. The summed E-state index contributed by atoms with van der Waals surface area (Å²) in [7, 11) is 3.21. The molecule has 0 spiro atoms. The van der Waals surface area contributed by atoms with Gasteiger partial charge in [0.15, 0.2) is 16.6 Å². The van der Waals surface area contributed by atoms with Crippen LogP contribution in [0.25, 0.3) is 5.69 Å². The first-order valence-electron chi connectivity index (χ1n) is 9.40. The van der Waals surface area contributed by atoms with Crippen molar-refractivity contribution in [3.05, 3.63) is 78.1 Å². The van der Waals surface area contributed by atoms with E-state index in [1.807, 2.05) is 65.5 Å². The zero-order valence-corrected chi connectivity index (χ0v) is 17.7. The van der Waals surface area contributed by atoms with E-state index in [2.05, 4.69) is 16.2 Å². The number of aromatic nitrogens is 1. The number of rotatable bonds is 7. The lowest BCUT2D eigenvalue weighted by molar-refractivity contribution is 0.0943. The van der Waals surface area contributed by atoms with E-state index in [4.69, 9.17) is 21.7 Å². The number of ether oxygens (including phenoxy) is 2. The molecule has 1 amide bonds. The summed E-state index contributed by atoms with van der Waals surface area (Å²) >= 11 is 5.25. The van der Waals surface area contributed by atoms with Gasteiger partial charge in [-0.1, -0.05) is 18.2 Å². The number of hydrogen-bond acceptors (Lipinski definition) is 4. The van der Waals surface area contributed by atoms with Crippen molar-refractivity contribution < 1.29 is 14.3 Å². The Morgan fingerprint density at radius 1 is 0.967 bits per heavy atom. The molecule has 2 aromatic carbocycles. The van der Waals surface area contributed by atoms with E-state index in [0.29, 0.717) is 28.7 Å². The Balaban J connectivity index is 1.49. The lowest BCUT2D eigenvalue weighted by Crippen LogP contribution is -2.47. The molecule has 0 radical (unpaired) electrons. The summed E-state index contributed by atoms with van der Waals surface area (Å²) in [6.07, 6.45) is 4.51. The van der Waals surface area contributed by atoms with Gasteiger partial charge in [0, 0.05) is 18.9 Å². The Labute approximate surface area is 181 Å². The van der Waals surface area contributed by atoms with Crippen molar-refractivity contribution >= 4 is 23.2 Å². The molecule has 0 aliphatic carbocycles. The largest absolute Gasteiger partial charge is 0.493 e. The minimum atomic E-state index is -0.275. The Morgan fingerprint density at radius 2 is 1.70 bits per heavy atom. The van der Waals surface area contributed by atoms with E-state index < -0.39 is 0 Å². The predicted molar refractivity (Wildman–Crippen MR) is 120 cm³/mol. The number of carbonyl (C=O) groups is 1. The van der Waals surface area contributed by atoms with Crippen LogP contribution in [0, 0.1) is 0 Å². The normalized spacial score (nSPS) is 10.2. The molecule has 0 saturated heterocycles. The molecule has 3 N–H and O–H groups in total. The zero-order valence-electron chi connectivity index (χ0n) is 16.8. The summed E-state index contributed by atoms with van der Waals surface area (Å²) in [5.74, 6) is 1.10. The zero-order chi connectivity index (χ0) is 21.3. The van der Waals surface area contributed by atoms with Crippen molar-refractivity contribution in [1.82, 2.24) is 20.7 Å². The molecule has 0 unspecified atom stereocenters. The molecule has 0 saturated carbocycles. The van der Waals surface area contributed by atoms with Gasteiger partial charge in [-0.15, -0.1) is 0 Å². The summed E-state index contributed by atoms with van der Waals surface area (Å²) in [6, 6.07) is 16.9. The van der Waals surface area contributed by atoms with E-state index in [1.54, 1.807) is 20.3 Å². The monoisotopic (exact) mass is 424 g/mol. The highest BCUT2D eigenvalue weighted by molar-refractivity contribution is 7.80. The minimum absolute atomic E-state index is 0.275. The first-order chi connectivity index (χ1) is 14.6. The van der Waals surface area contributed by atoms with Crippen LogP contribution in [-0.4, -0.2) is 36.4 Å². The van der Waals surface area contributed by atoms with E-state index in [9.17, 15) is 4.79 Å². The Hall–Kier alpha value is -3.52. The van der Waals surface area contributed by atoms with Gasteiger partial charge in [-0.05, 0) is 60.6 Å². The minimum Gasteiger partial charge on any atom is -0.493 e. The lowest BCUT2D eigenvalue weighted by Gasteiger charge is -2.14. The Morgan fingerprint density at radius 3 is 2.43 bits per heavy atom. The molecule has 156 valence electrons. The number of thiocarbonyl (C=S) groups is 1. The molecule has 0 fully saturated rings. The van der Waals surface area contributed by atoms with Gasteiger partial charge >= 0.3 is 0 Å². The predicted octanol–water partition coefficient (Wildman–Crippen LogP) is 2.85. The topological polar surface area (TPSA) is 76.5 Å². The molecule has 7 nitrogen and oxygen atoms in total. The van der Waals surface area contributed by atoms with Gasteiger partial charge in [0.2, 0.25) is 0 Å². The van der Waals surface area contributed by atoms with E-state index in [1.165, 1.54) is 0 Å². The molecule has 0 aliphatic rings. The smallest absolute Gasteiger partial charge is 0.271 e. The Bertz CT molecular complexity index is 1010. The third-order valence-corrected chi connectivity index (χ3v) is 4.71. The first kappa shape index (κ1) is 21.2. The van der Waals surface area contributed by atoms with Gasteiger partial charge in [0.1, 0.15) is 0 Å². The van der Waals surface area contributed by atoms with Crippen molar-refractivity contribution in [2.75, 3.05) is 20.8 Å². The fourth-order valence-electron chi connectivity index (χ4n) is 2.97. The van der Waals surface area contributed by atoms with Crippen LogP contribution in [0.4, 0.5) is 0 Å². The standard InChI is InChI=1S/C22H24N4O3S/c1-28-19-10-9-16(15-20(19)29-2)11-12-23-22(30)25-24-21(27)17-7-3-4-8-18(17)26-13-5-6-14-26/h3-10,13-15H,11-12H2,1-2H3,(H,24,27)(H2,23,25,30). The molecule has 1 aromatic heterocycles. The SMILES string of the molecule is COc1ccc(CCNC(=S)NNC(=O)c2ccccc2-n2cccc2)cc1OC. The fraction of sp³-hybridized carbons (Fsp3) is 0.182. The van der Waals surface area contributed by atoms with Crippen LogP contribution in [0.1, 0.15) is 15.9 Å². The summed E-state index contributed by atoms with van der Waals surface area (Å²) < 4.78 is 12.4. The maximum Gasteiger partial charge on any atom is 0.271 e. The van der Waals surface area contributed by atoms with Crippen molar-refractivity contribution in [2.24, 2.45) is 0 Å². The van der Waals surface area contributed by atoms with Crippen LogP contribution < -0.4 is 25.6 Å².